The van der Waals surface area contributed by atoms with Gasteiger partial charge < -0.3 is 0 Å². The van der Waals surface area contributed by atoms with E-state index in [0.29, 0.717) is 33.7 Å². The van der Waals surface area contributed by atoms with Gasteiger partial charge in [-0.3, -0.25) is 14.2 Å². The maximum absolute atomic E-state index is 14.2. The van der Waals surface area contributed by atoms with Crippen molar-refractivity contribution in [3.8, 4) is 5.69 Å². The third kappa shape index (κ3) is 3.41. The van der Waals surface area contributed by atoms with Gasteiger partial charge in [-0.1, -0.05) is 36.4 Å². The van der Waals surface area contributed by atoms with Gasteiger partial charge in [-0.2, -0.15) is 0 Å². The van der Waals surface area contributed by atoms with Gasteiger partial charge in [0.2, 0.25) is 0 Å². The third-order valence-electron chi connectivity index (χ3n) is 4.90. The summed E-state index contributed by atoms with van der Waals surface area (Å²) in [5.74, 6) is -0.187. The number of aromatic nitrogens is 2. The number of halogens is 1. The number of carbonyl (C=O) groups is 1. The Kier molecular flexibility index (Phi) is 4.83. The quantitative estimate of drug-likeness (QED) is 0.629. The van der Waals surface area contributed by atoms with Crippen LogP contribution in [0.2, 0.25) is 0 Å². The van der Waals surface area contributed by atoms with Crippen LogP contribution in [0.15, 0.2) is 52.4 Å². The Labute approximate surface area is 160 Å². The van der Waals surface area contributed by atoms with E-state index in [1.807, 2.05) is 6.07 Å². The fourth-order valence-corrected chi connectivity index (χ4v) is 4.58. The van der Waals surface area contributed by atoms with E-state index in [0.717, 1.165) is 19.3 Å². The first-order chi connectivity index (χ1) is 13.0. The summed E-state index contributed by atoms with van der Waals surface area (Å²) in [7, 11) is 0. The summed E-state index contributed by atoms with van der Waals surface area (Å²) in [6.07, 6.45) is 3.24. The largest absolute Gasteiger partial charge is 0.298 e. The second kappa shape index (κ2) is 7.27. The number of ketones is 1. The molecule has 4 nitrogen and oxygen atoms in total. The van der Waals surface area contributed by atoms with E-state index >= 15 is 0 Å². The van der Waals surface area contributed by atoms with Crippen molar-refractivity contribution >= 4 is 28.4 Å². The normalized spacial score (nSPS) is 17.4. The van der Waals surface area contributed by atoms with Gasteiger partial charge in [0.25, 0.3) is 5.56 Å². The van der Waals surface area contributed by atoms with Crippen LogP contribution in [-0.2, 0) is 4.79 Å². The zero-order chi connectivity index (χ0) is 19.0. The molecule has 6 heteroatoms. The highest BCUT2D eigenvalue weighted by atomic mass is 32.2. The Morgan fingerprint density at radius 3 is 2.74 bits per heavy atom. The zero-order valence-corrected chi connectivity index (χ0v) is 15.8. The van der Waals surface area contributed by atoms with Crippen molar-refractivity contribution in [1.29, 1.82) is 0 Å². The number of nitrogens with zero attached hydrogens (tertiary/aromatic N) is 2. The number of Topliss-reactive ketones (excluding diaryl/α,β-unsaturated/α-hetero) is 1. The molecule has 0 saturated heterocycles. The van der Waals surface area contributed by atoms with Crippen molar-refractivity contribution in [3.63, 3.8) is 0 Å². The van der Waals surface area contributed by atoms with E-state index in [-0.39, 0.29) is 22.4 Å². The number of benzene rings is 2. The fraction of sp³-hybridized carbons (Fsp3) is 0.286. The molecule has 27 heavy (non-hydrogen) atoms. The lowest BCUT2D eigenvalue weighted by Crippen LogP contribution is -2.26. The summed E-state index contributed by atoms with van der Waals surface area (Å²) >= 11 is 1.31. The highest BCUT2D eigenvalue weighted by molar-refractivity contribution is 8.00. The molecular weight excluding hydrogens is 363 g/mol. The Bertz CT molecular complexity index is 1090. The van der Waals surface area contributed by atoms with Gasteiger partial charge in [0, 0.05) is 6.42 Å². The molecule has 1 atom stereocenters. The molecular formula is C21H19FN2O2S. The first-order valence-electron chi connectivity index (χ1n) is 9.02. The first-order valence-corrected chi connectivity index (χ1v) is 9.90. The number of aryl methyl sites for hydroxylation is 1. The molecule has 0 spiro atoms. The standard InChI is InChI=1S/C21H19FN2O2S/c1-13-10-11-14(12-16(13)22)24-20(26)15-6-2-3-7-17(15)23-21(24)27-19-9-5-4-8-18(19)25/h2-3,6-7,10-12,19H,4-5,8-9H2,1H3. The number of hydrogen-bond acceptors (Lipinski definition) is 4. The number of hydrogen-bond donors (Lipinski definition) is 0. The lowest BCUT2D eigenvalue weighted by atomic mass is 9.99. The summed E-state index contributed by atoms with van der Waals surface area (Å²) in [5.41, 5.74) is 1.26. The second-order valence-electron chi connectivity index (χ2n) is 6.80. The molecule has 0 bridgehead atoms. The van der Waals surface area contributed by atoms with E-state index in [1.54, 1.807) is 37.3 Å². The van der Waals surface area contributed by atoms with Crippen LogP contribution in [-0.4, -0.2) is 20.6 Å². The van der Waals surface area contributed by atoms with Gasteiger partial charge in [-0.05, 0) is 49.6 Å². The number of thioether (sulfide) groups is 1. The average Bonchev–Trinajstić information content (AvgIpc) is 2.66. The highest BCUT2D eigenvalue weighted by Gasteiger charge is 2.26. The minimum atomic E-state index is -0.378. The fourth-order valence-electron chi connectivity index (χ4n) is 3.34. The predicted octanol–water partition coefficient (Wildman–Crippen LogP) is 4.44. The maximum atomic E-state index is 14.2. The molecule has 2 aromatic carbocycles. The summed E-state index contributed by atoms with van der Waals surface area (Å²) in [6, 6.07) is 11.8. The molecule has 1 fully saturated rings. The van der Waals surface area contributed by atoms with Crippen molar-refractivity contribution < 1.29 is 9.18 Å². The summed E-state index contributed by atoms with van der Waals surface area (Å²) in [4.78, 5) is 30.1. The average molecular weight is 382 g/mol. The highest BCUT2D eigenvalue weighted by Crippen LogP contribution is 2.32. The Morgan fingerprint density at radius 2 is 1.96 bits per heavy atom. The van der Waals surface area contributed by atoms with Crippen LogP contribution in [0.4, 0.5) is 4.39 Å². The maximum Gasteiger partial charge on any atom is 0.266 e. The Balaban J connectivity index is 1.91. The molecule has 4 rings (SSSR count). The predicted molar refractivity (Wildman–Crippen MR) is 105 cm³/mol. The lowest BCUT2D eigenvalue weighted by molar-refractivity contribution is -0.119. The van der Waals surface area contributed by atoms with Crippen molar-refractivity contribution in [1.82, 2.24) is 9.55 Å². The molecule has 0 amide bonds. The van der Waals surface area contributed by atoms with Gasteiger partial charge >= 0.3 is 0 Å². The third-order valence-corrected chi connectivity index (χ3v) is 6.17. The lowest BCUT2D eigenvalue weighted by Gasteiger charge is -2.21. The van der Waals surface area contributed by atoms with E-state index < -0.39 is 0 Å². The molecule has 1 unspecified atom stereocenters. The van der Waals surface area contributed by atoms with E-state index in [9.17, 15) is 14.0 Å². The molecule has 0 aliphatic heterocycles. The molecule has 0 radical (unpaired) electrons. The minimum absolute atomic E-state index is 0.190. The van der Waals surface area contributed by atoms with Crippen LogP contribution >= 0.6 is 11.8 Å². The number of para-hydroxylation sites is 1. The topological polar surface area (TPSA) is 52.0 Å². The van der Waals surface area contributed by atoms with Gasteiger partial charge in [0.15, 0.2) is 5.16 Å². The molecule has 138 valence electrons. The number of carbonyl (C=O) groups excluding carboxylic acids is 1. The van der Waals surface area contributed by atoms with Crippen LogP contribution in [0.1, 0.15) is 31.2 Å². The number of rotatable bonds is 3. The Morgan fingerprint density at radius 1 is 1.15 bits per heavy atom. The van der Waals surface area contributed by atoms with E-state index in [4.69, 9.17) is 0 Å². The van der Waals surface area contributed by atoms with Crippen LogP contribution in [0.5, 0.6) is 0 Å². The van der Waals surface area contributed by atoms with E-state index in [1.165, 1.54) is 22.4 Å². The number of fused-ring (bicyclic) bond motifs is 1. The minimum Gasteiger partial charge on any atom is -0.298 e. The smallest absolute Gasteiger partial charge is 0.266 e. The second-order valence-corrected chi connectivity index (χ2v) is 7.97. The van der Waals surface area contributed by atoms with Crippen LogP contribution < -0.4 is 5.56 Å². The molecule has 1 aromatic heterocycles. The van der Waals surface area contributed by atoms with Crippen molar-refractivity contribution in [3.05, 3.63) is 64.2 Å². The van der Waals surface area contributed by atoms with Gasteiger partial charge in [0.05, 0.1) is 21.8 Å². The summed E-state index contributed by atoms with van der Waals surface area (Å²) in [6.45, 7) is 1.68. The molecule has 1 heterocycles. The van der Waals surface area contributed by atoms with Crippen LogP contribution in [0, 0.1) is 12.7 Å². The van der Waals surface area contributed by atoms with Crippen molar-refractivity contribution in [2.45, 2.75) is 43.0 Å². The molecule has 0 N–H and O–H groups in total. The first kappa shape index (κ1) is 17.9. The molecule has 1 aliphatic rings. The Hall–Kier alpha value is -2.47. The zero-order valence-electron chi connectivity index (χ0n) is 14.9. The monoisotopic (exact) mass is 382 g/mol. The van der Waals surface area contributed by atoms with Crippen LogP contribution in [0.25, 0.3) is 16.6 Å². The SMILES string of the molecule is Cc1ccc(-n2c(SC3CCCCC3=O)nc3ccccc3c2=O)cc1F. The summed E-state index contributed by atoms with van der Waals surface area (Å²) in [5, 5.41) is 0.688. The molecule has 1 saturated carbocycles. The van der Waals surface area contributed by atoms with E-state index in [2.05, 4.69) is 4.98 Å². The van der Waals surface area contributed by atoms with Crippen molar-refractivity contribution in [2.24, 2.45) is 0 Å². The van der Waals surface area contributed by atoms with Gasteiger partial charge in [-0.15, -0.1) is 0 Å². The van der Waals surface area contributed by atoms with Gasteiger partial charge in [-0.25, -0.2) is 9.37 Å². The van der Waals surface area contributed by atoms with Gasteiger partial charge in [0.1, 0.15) is 11.6 Å². The van der Waals surface area contributed by atoms with Crippen LogP contribution in [0.3, 0.4) is 0 Å². The molecule has 3 aromatic rings. The molecule has 1 aliphatic carbocycles. The van der Waals surface area contributed by atoms with Crippen molar-refractivity contribution in [2.75, 3.05) is 0 Å². The summed E-state index contributed by atoms with van der Waals surface area (Å²) < 4.78 is 15.6.